The first-order chi connectivity index (χ1) is 10.1. The average Bonchev–Trinajstić information content (AvgIpc) is 2.49. The Kier molecular flexibility index (Phi) is 5.34. The first-order valence-electron chi connectivity index (χ1n) is 7.38. The molecule has 0 saturated heterocycles. The zero-order chi connectivity index (χ0) is 15.2. The quantitative estimate of drug-likeness (QED) is 0.808. The molecule has 0 aromatic heterocycles. The smallest absolute Gasteiger partial charge is 0.132 e. The van der Waals surface area contributed by atoms with Gasteiger partial charge in [-0.2, -0.15) is 0 Å². The maximum Gasteiger partial charge on any atom is 0.132 e. The van der Waals surface area contributed by atoms with E-state index in [1.54, 1.807) is 19.1 Å². The third-order valence-electron chi connectivity index (χ3n) is 3.43. The molecule has 2 nitrogen and oxygen atoms in total. The molecule has 0 aliphatic carbocycles. The molecule has 0 heterocycles. The number of nitrogens with one attached hydrogen (secondary N) is 1. The van der Waals surface area contributed by atoms with E-state index in [0.717, 1.165) is 24.3 Å². The summed E-state index contributed by atoms with van der Waals surface area (Å²) < 4.78 is 19.8. The minimum absolute atomic E-state index is 0.0405. The van der Waals surface area contributed by atoms with Gasteiger partial charge >= 0.3 is 0 Å². The van der Waals surface area contributed by atoms with E-state index in [2.05, 4.69) is 12.2 Å². The van der Waals surface area contributed by atoms with E-state index < -0.39 is 0 Å². The monoisotopic (exact) mass is 287 g/mol. The van der Waals surface area contributed by atoms with Crippen molar-refractivity contribution in [3.05, 3.63) is 59.4 Å². The second-order valence-corrected chi connectivity index (χ2v) is 5.23. The molecule has 0 bridgehead atoms. The van der Waals surface area contributed by atoms with Crippen LogP contribution in [0.5, 0.6) is 11.5 Å². The zero-order valence-electron chi connectivity index (χ0n) is 12.8. The molecule has 0 aliphatic heterocycles. The summed E-state index contributed by atoms with van der Waals surface area (Å²) in [5, 5.41) is 3.37. The summed E-state index contributed by atoms with van der Waals surface area (Å²) in [4.78, 5) is 0. The summed E-state index contributed by atoms with van der Waals surface area (Å²) >= 11 is 0. The van der Waals surface area contributed by atoms with Gasteiger partial charge in [-0.3, -0.25) is 0 Å². The van der Waals surface area contributed by atoms with Crippen LogP contribution in [0, 0.1) is 12.7 Å². The van der Waals surface area contributed by atoms with E-state index >= 15 is 0 Å². The normalized spacial score (nSPS) is 12.2. The van der Waals surface area contributed by atoms with Crippen molar-refractivity contribution in [2.24, 2.45) is 0 Å². The van der Waals surface area contributed by atoms with E-state index in [1.807, 2.05) is 37.3 Å². The maximum atomic E-state index is 13.9. The topological polar surface area (TPSA) is 21.3 Å². The van der Waals surface area contributed by atoms with Crippen LogP contribution < -0.4 is 10.1 Å². The minimum atomic E-state index is -0.199. The largest absolute Gasteiger partial charge is 0.457 e. The lowest BCUT2D eigenvalue weighted by molar-refractivity contribution is 0.456. The summed E-state index contributed by atoms with van der Waals surface area (Å²) in [5.41, 5.74) is 1.43. The Bertz CT molecular complexity index is 583. The highest BCUT2D eigenvalue weighted by Crippen LogP contribution is 2.32. The van der Waals surface area contributed by atoms with E-state index in [-0.39, 0.29) is 11.9 Å². The van der Waals surface area contributed by atoms with Crippen molar-refractivity contribution >= 4 is 0 Å². The summed E-state index contributed by atoms with van der Waals surface area (Å²) in [5.74, 6) is 1.26. The lowest BCUT2D eigenvalue weighted by atomic mass is 10.0. The van der Waals surface area contributed by atoms with Gasteiger partial charge in [0.15, 0.2) is 0 Å². The molecule has 1 unspecified atom stereocenters. The van der Waals surface area contributed by atoms with Crippen LogP contribution in [-0.4, -0.2) is 6.54 Å². The van der Waals surface area contributed by atoms with Crippen molar-refractivity contribution in [2.45, 2.75) is 33.2 Å². The number of hydrogen-bond acceptors (Lipinski definition) is 2. The third kappa shape index (κ3) is 4.05. The van der Waals surface area contributed by atoms with E-state index in [1.165, 1.54) is 0 Å². The fourth-order valence-corrected chi connectivity index (χ4v) is 2.18. The third-order valence-corrected chi connectivity index (χ3v) is 3.43. The molecule has 0 radical (unpaired) electrons. The van der Waals surface area contributed by atoms with E-state index in [4.69, 9.17) is 4.74 Å². The molecule has 21 heavy (non-hydrogen) atoms. The molecule has 2 rings (SSSR count). The van der Waals surface area contributed by atoms with Crippen molar-refractivity contribution in [3.63, 3.8) is 0 Å². The second kappa shape index (κ2) is 7.23. The number of ether oxygens (including phenoxy) is 1. The molecule has 1 atom stereocenters. The van der Waals surface area contributed by atoms with Crippen molar-refractivity contribution < 1.29 is 9.13 Å². The maximum absolute atomic E-state index is 13.9. The molecule has 0 fully saturated rings. The van der Waals surface area contributed by atoms with Crippen molar-refractivity contribution in [3.8, 4) is 11.5 Å². The van der Waals surface area contributed by atoms with Crippen LogP contribution in [0.2, 0.25) is 0 Å². The van der Waals surface area contributed by atoms with Crippen molar-refractivity contribution in [1.29, 1.82) is 0 Å². The van der Waals surface area contributed by atoms with Gasteiger partial charge in [-0.1, -0.05) is 25.1 Å². The van der Waals surface area contributed by atoms with Crippen LogP contribution >= 0.6 is 0 Å². The minimum Gasteiger partial charge on any atom is -0.457 e. The van der Waals surface area contributed by atoms with Gasteiger partial charge in [0.05, 0.1) is 0 Å². The molecule has 3 heteroatoms. The molecule has 0 aliphatic rings. The number of benzene rings is 2. The second-order valence-electron chi connectivity index (χ2n) is 5.23. The standard InChI is InChI=1S/C18H22FNO/c1-4-10-20-14(3)16-12-17(19)13(2)11-18(16)21-15-8-6-5-7-9-15/h5-9,11-12,14,20H,4,10H2,1-3H3. The Hall–Kier alpha value is -1.87. The fraction of sp³-hybridized carbons (Fsp3) is 0.333. The van der Waals surface area contributed by atoms with E-state index in [9.17, 15) is 4.39 Å². The molecular weight excluding hydrogens is 265 g/mol. The summed E-state index contributed by atoms with van der Waals surface area (Å²) in [6.45, 7) is 6.77. The van der Waals surface area contributed by atoms with Crippen LogP contribution in [0.4, 0.5) is 4.39 Å². The number of rotatable bonds is 6. The summed E-state index contributed by atoms with van der Waals surface area (Å²) in [6, 6.07) is 12.9. The van der Waals surface area contributed by atoms with Gasteiger partial charge in [0, 0.05) is 11.6 Å². The molecule has 2 aromatic rings. The highest BCUT2D eigenvalue weighted by atomic mass is 19.1. The number of halogens is 1. The van der Waals surface area contributed by atoms with Crippen LogP contribution in [-0.2, 0) is 0 Å². The van der Waals surface area contributed by atoms with Crippen molar-refractivity contribution in [1.82, 2.24) is 5.32 Å². The summed E-state index contributed by atoms with van der Waals surface area (Å²) in [6.07, 6.45) is 1.04. The SMILES string of the molecule is CCCNC(C)c1cc(F)c(C)cc1Oc1ccccc1. The lowest BCUT2D eigenvalue weighted by Crippen LogP contribution is -2.20. The molecular formula is C18H22FNO. The lowest BCUT2D eigenvalue weighted by Gasteiger charge is -2.19. The van der Waals surface area contributed by atoms with Gasteiger partial charge in [0.1, 0.15) is 17.3 Å². The first-order valence-corrected chi connectivity index (χ1v) is 7.38. The molecule has 112 valence electrons. The highest BCUT2D eigenvalue weighted by Gasteiger charge is 2.15. The van der Waals surface area contributed by atoms with Gasteiger partial charge in [0.2, 0.25) is 0 Å². The van der Waals surface area contributed by atoms with Crippen LogP contribution in [0.25, 0.3) is 0 Å². The van der Waals surface area contributed by atoms with Crippen LogP contribution in [0.15, 0.2) is 42.5 Å². The molecule has 0 amide bonds. The number of aryl methyl sites for hydroxylation is 1. The Morgan fingerprint density at radius 3 is 2.57 bits per heavy atom. The predicted octanol–water partition coefficient (Wildman–Crippen LogP) is 4.99. The Morgan fingerprint density at radius 2 is 1.90 bits per heavy atom. The molecule has 1 N–H and O–H groups in total. The molecule has 0 saturated carbocycles. The van der Waals surface area contributed by atoms with Crippen LogP contribution in [0.1, 0.15) is 37.4 Å². The molecule has 2 aromatic carbocycles. The number of hydrogen-bond donors (Lipinski definition) is 1. The summed E-state index contributed by atoms with van der Waals surface area (Å²) in [7, 11) is 0. The average molecular weight is 287 g/mol. The van der Waals surface area contributed by atoms with Gasteiger partial charge in [-0.15, -0.1) is 0 Å². The van der Waals surface area contributed by atoms with E-state index in [0.29, 0.717) is 11.3 Å². The fourth-order valence-electron chi connectivity index (χ4n) is 2.18. The Balaban J connectivity index is 2.31. The zero-order valence-corrected chi connectivity index (χ0v) is 12.8. The van der Waals surface area contributed by atoms with Crippen molar-refractivity contribution in [2.75, 3.05) is 6.54 Å². The van der Waals surface area contributed by atoms with Gasteiger partial charge in [-0.25, -0.2) is 4.39 Å². The van der Waals surface area contributed by atoms with Gasteiger partial charge in [-0.05, 0) is 56.6 Å². The number of para-hydroxylation sites is 1. The molecule has 0 spiro atoms. The highest BCUT2D eigenvalue weighted by molar-refractivity contribution is 5.42. The van der Waals surface area contributed by atoms with Gasteiger partial charge in [0.25, 0.3) is 0 Å². The van der Waals surface area contributed by atoms with Crippen LogP contribution in [0.3, 0.4) is 0 Å². The Labute approximate surface area is 126 Å². The Morgan fingerprint density at radius 1 is 1.19 bits per heavy atom. The predicted molar refractivity (Wildman–Crippen MR) is 84.4 cm³/mol. The first kappa shape index (κ1) is 15.5. The van der Waals surface area contributed by atoms with Gasteiger partial charge < -0.3 is 10.1 Å².